The number of nitrogens with zero attached hydrogens (tertiary/aromatic N) is 2. The number of aromatic hydroxyl groups is 2. The van der Waals surface area contributed by atoms with Gasteiger partial charge in [0.05, 0.1) is 96.7 Å². The van der Waals surface area contributed by atoms with Crippen molar-refractivity contribution >= 4 is 93.9 Å². The molecule has 6 aromatic carbocycles. The zero-order valence-electron chi connectivity index (χ0n) is 56.6. The summed E-state index contributed by atoms with van der Waals surface area (Å²) >= 11 is 0. The number of aromatic amines is 2. The Balaban J connectivity index is 0.734. The van der Waals surface area contributed by atoms with Crippen LogP contribution in [0.15, 0.2) is 140 Å². The SMILES string of the molecule is COC(=O)c1ccc(-c2c3nc(c(-c4ccc(C(=O)NCCOC(=O)N[C@H]5C[C@H](O[C@H]6C[C@](O)(C(=O)CO)Cc7c(O)c8c(c(O)c76)C(=O)c6c(OC)cccc6C8=O)O[C@@H](C)[C@H]5O)cc4)c4ccc([nH]4)c(-c4ccc(C(=O)OC)cc4)c4nc(c(-c5ccc(C=O)cc5)c5ccc2[nH]5)C=C4)C=C3)cc1. The molecule has 3 aliphatic heterocycles. The molecule has 8 bridgehead atoms. The van der Waals surface area contributed by atoms with E-state index in [0.29, 0.717) is 94.9 Å². The molecule has 14 rings (SSSR count). The number of H-pyrrole nitrogens is 2. The van der Waals surface area contributed by atoms with Crippen LogP contribution in [0.3, 0.4) is 0 Å². The van der Waals surface area contributed by atoms with Gasteiger partial charge in [-0.2, -0.15) is 0 Å². The zero-order valence-corrected chi connectivity index (χ0v) is 56.6. The number of aromatic nitrogens is 4. The standard InChI is InChI=1S/C80H66N6O19/c1-39-71(90)58(34-62(104-39)105-60-36-80(99,61(89)38-88)35-49-68(60)75(94)70-69(73(49)92)72(91)48-6-5-7-59(100-2)67(48)74(70)93)86-79(98)103-33-32-81-76(95)45-18-12-42(13-19-45)64-52-28-30-56(84-52)65(43-14-20-46(21-15-43)77(96)101-3)54-26-24-50(82-54)63(41-10-8-40(37-87)9-11-41)51-25-27-55(83-51)66(57-31-29-53(64)85-57)44-16-22-47(23-17-44)78(97)102-4/h5-31,37,39,58,60,62,71,82,85,88,90,92,94,99H,32-36,38H2,1-4H3,(H,81,95)(H,86,98)/t39-,58-,60-,62-,71+,80-/m0/s1. The molecular weight excluding hydrogens is 1350 g/mol. The molecule has 6 heterocycles. The van der Waals surface area contributed by atoms with Crippen molar-refractivity contribution in [2.45, 2.75) is 62.4 Å². The van der Waals surface area contributed by atoms with E-state index in [0.717, 1.165) is 17.4 Å². The van der Waals surface area contributed by atoms with Crippen LogP contribution in [0.4, 0.5) is 4.79 Å². The lowest BCUT2D eigenvalue weighted by molar-refractivity contribution is -0.249. The van der Waals surface area contributed by atoms with Crippen LogP contribution < -0.4 is 15.4 Å². The van der Waals surface area contributed by atoms with Crippen molar-refractivity contribution in [3.05, 3.63) is 218 Å². The van der Waals surface area contributed by atoms with Gasteiger partial charge in [0, 0.05) is 91.4 Å². The van der Waals surface area contributed by atoms with Gasteiger partial charge < -0.3 is 74.6 Å². The second-order valence-electron chi connectivity index (χ2n) is 25.6. The van der Waals surface area contributed by atoms with E-state index >= 15 is 0 Å². The number of amides is 2. The van der Waals surface area contributed by atoms with Crippen LogP contribution in [0.5, 0.6) is 17.2 Å². The number of aliphatic hydroxyl groups excluding tert-OH is 2. The summed E-state index contributed by atoms with van der Waals surface area (Å²) in [5.41, 5.74) is 7.43. The third-order valence-corrected chi connectivity index (χ3v) is 19.4. The molecule has 9 aromatic rings. The van der Waals surface area contributed by atoms with Crippen LogP contribution in [0.1, 0.15) is 133 Å². The molecule has 2 aliphatic carbocycles. The number of carbonyl (C=O) groups is 8. The summed E-state index contributed by atoms with van der Waals surface area (Å²) in [6, 6.07) is 38.8. The number of alkyl carbamates (subject to hydrolysis) is 1. The van der Waals surface area contributed by atoms with Crippen molar-refractivity contribution in [3.8, 4) is 61.8 Å². The van der Waals surface area contributed by atoms with Gasteiger partial charge >= 0.3 is 18.0 Å². The number of hydrogen-bond donors (Lipinski definition) is 9. The molecule has 25 heteroatoms. The number of esters is 2. The molecule has 0 unspecified atom stereocenters. The Bertz CT molecular complexity index is 5290. The highest BCUT2D eigenvalue weighted by molar-refractivity contribution is 6.31. The van der Waals surface area contributed by atoms with E-state index in [1.165, 1.54) is 46.5 Å². The number of ketones is 3. The second kappa shape index (κ2) is 28.4. The van der Waals surface area contributed by atoms with E-state index < -0.39 is 120 Å². The third-order valence-electron chi connectivity index (χ3n) is 19.4. The molecule has 1 fully saturated rings. The Hall–Kier alpha value is -12.5. The number of phenols is 2. The molecule has 530 valence electrons. The number of fused-ring (bicyclic) bond motifs is 11. The van der Waals surface area contributed by atoms with Gasteiger partial charge in [0.2, 0.25) is 5.78 Å². The summed E-state index contributed by atoms with van der Waals surface area (Å²) < 4.78 is 33.2. The number of phenolic OH excluding ortho intramolecular Hbond substituents is 2. The van der Waals surface area contributed by atoms with Gasteiger partial charge in [-0.15, -0.1) is 0 Å². The normalized spacial score (nSPS) is 18.4. The number of methoxy groups -OCH3 is 3. The van der Waals surface area contributed by atoms with E-state index in [-0.39, 0.29) is 53.1 Å². The summed E-state index contributed by atoms with van der Waals surface area (Å²) in [7, 11) is 3.91. The quantitative estimate of drug-likeness (QED) is 0.0134. The van der Waals surface area contributed by atoms with Gasteiger partial charge in [0.25, 0.3) is 5.91 Å². The fraction of sp³-hybridized carbons (Fsp3) is 0.200. The average molecular weight is 1420 g/mol. The molecule has 5 aliphatic rings. The van der Waals surface area contributed by atoms with Crippen molar-refractivity contribution in [2.24, 2.45) is 0 Å². The molecule has 0 saturated carbocycles. The number of aldehydes is 1. The Morgan fingerprint density at radius 2 is 1.11 bits per heavy atom. The molecule has 105 heavy (non-hydrogen) atoms. The third kappa shape index (κ3) is 12.9. The van der Waals surface area contributed by atoms with Crippen molar-refractivity contribution in [1.29, 1.82) is 0 Å². The summed E-state index contributed by atoms with van der Waals surface area (Å²) in [5.74, 6) is -5.90. The zero-order chi connectivity index (χ0) is 73.7. The predicted octanol–water partition coefficient (Wildman–Crippen LogP) is 10.2. The molecule has 0 spiro atoms. The Morgan fingerprint density at radius 3 is 1.59 bits per heavy atom. The largest absolute Gasteiger partial charge is 0.507 e. The van der Waals surface area contributed by atoms with Crippen molar-refractivity contribution in [2.75, 3.05) is 41.1 Å². The van der Waals surface area contributed by atoms with Crippen LogP contribution in [-0.2, 0) is 34.9 Å². The van der Waals surface area contributed by atoms with E-state index in [1.807, 2.05) is 85.0 Å². The topological polar surface area (TPSA) is 375 Å². The first-order valence-electron chi connectivity index (χ1n) is 33.4. The van der Waals surface area contributed by atoms with E-state index in [9.17, 15) is 63.9 Å². The van der Waals surface area contributed by atoms with Crippen molar-refractivity contribution in [1.82, 2.24) is 30.6 Å². The number of aliphatic hydroxyl groups is 3. The van der Waals surface area contributed by atoms with E-state index in [4.69, 9.17) is 38.4 Å². The van der Waals surface area contributed by atoms with Gasteiger partial charge in [0.15, 0.2) is 17.9 Å². The minimum absolute atomic E-state index is 0.0207. The fourth-order valence-corrected chi connectivity index (χ4v) is 14.2. The number of ether oxygens (including phenoxy) is 6. The lowest BCUT2D eigenvalue weighted by atomic mass is 9.72. The van der Waals surface area contributed by atoms with Crippen LogP contribution in [0.25, 0.3) is 90.9 Å². The molecule has 3 aromatic heterocycles. The minimum atomic E-state index is -2.43. The van der Waals surface area contributed by atoms with Gasteiger partial charge in [0.1, 0.15) is 48.5 Å². The summed E-state index contributed by atoms with van der Waals surface area (Å²) in [6.07, 6.45) is 0.352. The number of nitrogens with one attached hydrogen (secondary N) is 4. The first kappa shape index (κ1) is 69.6. The maximum absolute atomic E-state index is 14.2. The second-order valence-corrected chi connectivity index (χ2v) is 25.6. The van der Waals surface area contributed by atoms with E-state index in [1.54, 1.807) is 60.7 Å². The number of hydrogen-bond acceptors (Lipinski definition) is 21. The summed E-state index contributed by atoms with van der Waals surface area (Å²) in [4.78, 5) is 124. The maximum Gasteiger partial charge on any atom is 0.407 e. The smallest absolute Gasteiger partial charge is 0.407 e. The predicted molar refractivity (Wildman–Crippen MR) is 383 cm³/mol. The van der Waals surface area contributed by atoms with Crippen molar-refractivity contribution in [3.63, 3.8) is 0 Å². The Kier molecular flexibility index (Phi) is 18.8. The maximum atomic E-state index is 14.2. The Morgan fingerprint density at radius 1 is 0.629 bits per heavy atom. The van der Waals surface area contributed by atoms with E-state index in [2.05, 4.69) is 20.6 Å². The highest BCUT2D eigenvalue weighted by atomic mass is 16.7. The number of rotatable bonds is 17. The van der Waals surface area contributed by atoms with Gasteiger partial charge in [-0.25, -0.2) is 24.4 Å². The number of carbonyl (C=O) groups excluding carboxylic acids is 8. The van der Waals surface area contributed by atoms with Gasteiger partial charge in [-0.05, 0) is 120 Å². The van der Waals surface area contributed by atoms with Crippen LogP contribution in [0, 0.1) is 0 Å². The summed E-state index contributed by atoms with van der Waals surface area (Å²) in [5, 5.41) is 62.2. The molecule has 9 N–H and O–H groups in total. The van der Waals surface area contributed by atoms with Gasteiger partial charge in [-0.3, -0.25) is 24.0 Å². The van der Waals surface area contributed by atoms with Crippen LogP contribution in [-0.4, -0.2) is 164 Å². The van der Waals surface area contributed by atoms with Crippen LogP contribution in [0.2, 0.25) is 0 Å². The first-order chi connectivity index (χ1) is 50.7. The highest BCUT2D eigenvalue weighted by Gasteiger charge is 2.51. The molecule has 6 atom stereocenters. The average Bonchev–Trinajstić information content (AvgIpc) is 1.25. The number of Topliss-reactive ketones (excluding diaryl/α,β-unsaturated/α-hetero) is 1. The molecule has 2 amide bonds. The first-order valence-corrected chi connectivity index (χ1v) is 33.4. The minimum Gasteiger partial charge on any atom is -0.507 e. The summed E-state index contributed by atoms with van der Waals surface area (Å²) in [6.45, 7) is -0.162. The lowest BCUT2D eigenvalue weighted by Gasteiger charge is -2.42. The molecular formula is C80H66N6O19. The van der Waals surface area contributed by atoms with Crippen molar-refractivity contribution < 1.29 is 92.3 Å². The molecule has 0 radical (unpaired) electrons. The molecule has 1 saturated heterocycles. The monoisotopic (exact) mass is 1410 g/mol. The lowest BCUT2D eigenvalue weighted by Crippen LogP contribution is -2.56. The Labute approximate surface area is 597 Å². The van der Waals surface area contributed by atoms with Gasteiger partial charge in [-0.1, -0.05) is 72.8 Å². The fourth-order valence-electron chi connectivity index (χ4n) is 14.2. The highest BCUT2D eigenvalue weighted by Crippen LogP contribution is 2.53. The molecule has 25 nitrogen and oxygen atoms in total. The van der Waals surface area contributed by atoms with Crippen LogP contribution >= 0.6 is 0 Å². The number of benzene rings is 6.